The molecule has 28 heavy (non-hydrogen) atoms. The van der Waals surface area contributed by atoms with E-state index in [1.807, 2.05) is 19.3 Å². The summed E-state index contributed by atoms with van der Waals surface area (Å²) in [5, 5.41) is 6.87. The number of imide groups is 1. The molecule has 0 atom stereocenters. The van der Waals surface area contributed by atoms with Gasteiger partial charge in [0.2, 0.25) is 5.91 Å². The van der Waals surface area contributed by atoms with Crippen LogP contribution in [0.15, 0.2) is 55.1 Å². The summed E-state index contributed by atoms with van der Waals surface area (Å²) in [4.78, 5) is 42.1. The molecule has 3 aromatic rings. The molecule has 0 radical (unpaired) electrons. The Hall–Kier alpha value is -3.81. The molecule has 0 saturated carbocycles. The number of aromatic nitrogens is 3. The van der Waals surface area contributed by atoms with E-state index >= 15 is 0 Å². The lowest BCUT2D eigenvalue weighted by Gasteiger charge is -2.13. The molecule has 1 aromatic carbocycles. The molecule has 8 nitrogen and oxygen atoms in total. The molecule has 4 rings (SSSR count). The third kappa shape index (κ3) is 3.27. The Morgan fingerprint density at radius 2 is 1.75 bits per heavy atom. The van der Waals surface area contributed by atoms with E-state index in [0.717, 1.165) is 21.6 Å². The zero-order chi connectivity index (χ0) is 19.7. The van der Waals surface area contributed by atoms with Crippen LogP contribution in [0, 0.1) is 0 Å². The fraction of sp³-hybridized carbons (Fsp3) is 0.150. The van der Waals surface area contributed by atoms with E-state index in [9.17, 15) is 14.4 Å². The molecule has 8 heteroatoms. The van der Waals surface area contributed by atoms with Crippen molar-refractivity contribution in [2.24, 2.45) is 7.05 Å². The summed E-state index contributed by atoms with van der Waals surface area (Å²) in [6.07, 6.45) is 6.99. The minimum absolute atomic E-state index is 0.239. The van der Waals surface area contributed by atoms with Crippen LogP contribution in [-0.4, -0.2) is 43.9 Å². The molecule has 0 spiro atoms. The van der Waals surface area contributed by atoms with Crippen LogP contribution in [0.2, 0.25) is 0 Å². The van der Waals surface area contributed by atoms with Crippen molar-refractivity contribution in [2.75, 3.05) is 6.54 Å². The van der Waals surface area contributed by atoms with Crippen LogP contribution in [0.3, 0.4) is 0 Å². The predicted octanol–water partition coefficient (Wildman–Crippen LogP) is 1.39. The molecule has 1 N–H and O–H groups in total. The molecular formula is C20H17N5O3. The van der Waals surface area contributed by atoms with Crippen LogP contribution in [0.25, 0.3) is 11.1 Å². The lowest BCUT2D eigenvalue weighted by atomic mass is 10.1. The normalized spacial score (nSPS) is 13.0. The molecule has 2 aromatic heterocycles. The minimum Gasteiger partial charge on any atom is -0.350 e. The second-order valence-corrected chi connectivity index (χ2v) is 6.50. The third-order valence-corrected chi connectivity index (χ3v) is 4.50. The van der Waals surface area contributed by atoms with Crippen molar-refractivity contribution in [3.63, 3.8) is 0 Å². The van der Waals surface area contributed by atoms with Crippen LogP contribution in [0.4, 0.5) is 0 Å². The van der Waals surface area contributed by atoms with E-state index in [1.54, 1.807) is 47.5 Å². The number of pyridine rings is 1. The highest BCUT2D eigenvalue weighted by Crippen LogP contribution is 2.22. The number of rotatable bonds is 5. The van der Waals surface area contributed by atoms with Crippen LogP contribution < -0.4 is 5.32 Å². The summed E-state index contributed by atoms with van der Waals surface area (Å²) < 4.78 is 1.70. The third-order valence-electron chi connectivity index (χ3n) is 4.50. The lowest BCUT2D eigenvalue weighted by molar-refractivity contribution is -0.121. The first-order valence-electron chi connectivity index (χ1n) is 8.68. The van der Waals surface area contributed by atoms with E-state index in [4.69, 9.17) is 0 Å². The first kappa shape index (κ1) is 17.6. The van der Waals surface area contributed by atoms with E-state index < -0.39 is 17.7 Å². The zero-order valence-electron chi connectivity index (χ0n) is 15.1. The molecule has 3 heterocycles. The number of amides is 3. The van der Waals surface area contributed by atoms with E-state index in [2.05, 4.69) is 15.4 Å². The topological polar surface area (TPSA) is 97.2 Å². The maximum Gasteiger partial charge on any atom is 0.262 e. The summed E-state index contributed by atoms with van der Waals surface area (Å²) >= 11 is 0. The van der Waals surface area contributed by atoms with Gasteiger partial charge in [0, 0.05) is 43.3 Å². The van der Waals surface area contributed by atoms with Crippen LogP contribution in [-0.2, 0) is 18.4 Å². The van der Waals surface area contributed by atoms with Crippen molar-refractivity contribution in [3.8, 4) is 11.1 Å². The first-order chi connectivity index (χ1) is 13.5. The van der Waals surface area contributed by atoms with E-state index in [0.29, 0.717) is 11.1 Å². The summed E-state index contributed by atoms with van der Waals surface area (Å²) in [5.74, 6) is -1.31. The second-order valence-electron chi connectivity index (χ2n) is 6.50. The quantitative estimate of drug-likeness (QED) is 0.680. The van der Waals surface area contributed by atoms with Gasteiger partial charge in [0.1, 0.15) is 6.54 Å². The van der Waals surface area contributed by atoms with Gasteiger partial charge in [-0.15, -0.1) is 0 Å². The number of hydrogen-bond acceptors (Lipinski definition) is 5. The molecule has 1 aliphatic rings. The number of carbonyl (C=O) groups excluding carboxylic acids is 3. The lowest BCUT2D eigenvalue weighted by Crippen LogP contribution is -2.40. The van der Waals surface area contributed by atoms with E-state index in [1.165, 1.54) is 0 Å². The summed E-state index contributed by atoms with van der Waals surface area (Å²) in [7, 11) is 1.83. The number of aryl methyl sites for hydroxylation is 1. The van der Waals surface area contributed by atoms with Crippen molar-refractivity contribution in [2.45, 2.75) is 6.54 Å². The van der Waals surface area contributed by atoms with Crippen molar-refractivity contribution >= 4 is 17.7 Å². The first-order valence-corrected chi connectivity index (χ1v) is 8.68. The average molecular weight is 375 g/mol. The van der Waals surface area contributed by atoms with Gasteiger partial charge < -0.3 is 5.32 Å². The number of hydrogen-bond donors (Lipinski definition) is 1. The number of fused-ring (bicyclic) bond motifs is 1. The van der Waals surface area contributed by atoms with Crippen molar-refractivity contribution in [3.05, 3.63) is 71.8 Å². The van der Waals surface area contributed by atoms with Gasteiger partial charge in [-0.25, -0.2) is 0 Å². The number of carbonyl (C=O) groups is 3. The molecule has 0 aliphatic carbocycles. The highest BCUT2D eigenvalue weighted by molar-refractivity contribution is 6.22. The molecule has 140 valence electrons. The average Bonchev–Trinajstić information content (AvgIpc) is 3.24. The fourth-order valence-electron chi connectivity index (χ4n) is 3.10. The molecule has 3 amide bonds. The van der Waals surface area contributed by atoms with Crippen molar-refractivity contribution < 1.29 is 14.4 Å². The van der Waals surface area contributed by atoms with Gasteiger partial charge >= 0.3 is 0 Å². The highest BCUT2D eigenvalue weighted by Gasteiger charge is 2.36. The zero-order valence-corrected chi connectivity index (χ0v) is 15.1. The van der Waals surface area contributed by atoms with Crippen LogP contribution in [0.5, 0.6) is 0 Å². The van der Waals surface area contributed by atoms with Crippen LogP contribution >= 0.6 is 0 Å². The summed E-state index contributed by atoms with van der Waals surface area (Å²) in [6, 6.07) is 8.46. The van der Waals surface area contributed by atoms with Gasteiger partial charge in [0.15, 0.2) is 0 Å². The molecule has 0 saturated heterocycles. The van der Waals surface area contributed by atoms with Gasteiger partial charge in [0.05, 0.1) is 17.3 Å². The Balaban J connectivity index is 1.39. The Bertz CT molecular complexity index is 1050. The highest BCUT2D eigenvalue weighted by atomic mass is 16.2. The van der Waals surface area contributed by atoms with Gasteiger partial charge in [-0.2, -0.15) is 5.10 Å². The van der Waals surface area contributed by atoms with E-state index in [-0.39, 0.29) is 13.1 Å². The molecule has 0 unspecified atom stereocenters. The Kier molecular flexibility index (Phi) is 4.44. The van der Waals surface area contributed by atoms with Crippen molar-refractivity contribution in [1.29, 1.82) is 0 Å². The molecule has 0 fully saturated rings. The maximum absolute atomic E-state index is 12.3. The van der Waals surface area contributed by atoms with Crippen LogP contribution in [0.1, 0.15) is 26.3 Å². The number of benzene rings is 1. The Morgan fingerprint density at radius 3 is 2.39 bits per heavy atom. The smallest absolute Gasteiger partial charge is 0.262 e. The number of nitrogens with zero attached hydrogens (tertiary/aromatic N) is 4. The fourth-order valence-corrected chi connectivity index (χ4v) is 3.10. The van der Waals surface area contributed by atoms with Gasteiger partial charge in [-0.05, 0) is 23.8 Å². The molecule has 1 aliphatic heterocycles. The monoisotopic (exact) mass is 375 g/mol. The SMILES string of the molecule is Cn1cc(-c2cncc(CNC(=O)CN3C(=O)c4ccccc4C3=O)c2)cn1. The van der Waals surface area contributed by atoms with Gasteiger partial charge in [0.25, 0.3) is 11.8 Å². The van der Waals surface area contributed by atoms with Crippen molar-refractivity contribution in [1.82, 2.24) is 25.0 Å². The van der Waals surface area contributed by atoms with Gasteiger partial charge in [-0.3, -0.25) is 28.9 Å². The van der Waals surface area contributed by atoms with Gasteiger partial charge in [-0.1, -0.05) is 12.1 Å². The standard InChI is InChI=1S/C20H17N5O3/c1-24-11-15(10-23-24)14-6-13(7-21-9-14)8-22-18(26)12-25-19(27)16-4-2-3-5-17(16)20(25)28/h2-7,9-11H,8,12H2,1H3,(H,22,26). The molecule has 0 bridgehead atoms. The maximum atomic E-state index is 12.3. The Labute approximate surface area is 160 Å². The number of nitrogens with one attached hydrogen (secondary N) is 1. The predicted molar refractivity (Wildman–Crippen MR) is 100 cm³/mol. The molecular weight excluding hydrogens is 358 g/mol. The summed E-state index contributed by atoms with van der Waals surface area (Å²) in [6.45, 7) is -0.0782. The second kappa shape index (κ2) is 7.07. The Morgan fingerprint density at radius 1 is 1.04 bits per heavy atom. The minimum atomic E-state index is -0.448. The largest absolute Gasteiger partial charge is 0.350 e. The summed E-state index contributed by atoms with van der Waals surface area (Å²) in [5.41, 5.74) is 3.27.